The molecule has 1 N–H and O–H groups in total. The lowest BCUT2D eigenvalue weighted by Crippen LogP contribution is -2.19. The van der Waals surface area contributed by atoms with Gasteiger partial charge in [0.1, 0.15) is 0 Å². The van der Waals surface area contributed by atoms with Crippen LogP contribution in [-0.4, -0.2) is 12.8 Å². The Hall–Kier alpha value is -1.25. The van der Waals surface area contributed by atoms with Crippen LogP contribution in [0.4, 0.5) is 0 Å². The van der Waals surface area contributed by atoms with Gasteiger partial charge in [-0.2, -0.15) is 0 Å². The van der Waals surface area contributed by atoms with Gasteiger partial charge in [-0.1, -0.05) is 35.9 Å². The fourth-order valence-corrected chi connectivity index (χ4v) is 3.62. The Labute approximate surface area is 133 Å². The summed E-state index contributed by atoms with van der Waals surface area (Å²) in [4.78, 5) is 1.38. The number of nitrogens with one attached hydrogen (secondary N) is 1. The standard InChI is InChI=1S/C19H25NS/c1-13-6-9-19(16(4)10-13)21-12-18(20-5)17-8-7-14(2)15(3)11-17/h6-11,18,20H,12H2,1-5H3. The topological polar surface area (TPSA) is 12.0 Å². The fraction of sp³-hybridized carbons (Fsp3) is 0.368. The predicted molar refractivity (Wildman–Crippen MR) is 94.4 cm³/mol. The Morgan fingerprint density at radius 1 is 0.905 bits per heavy atom. The number of hydrogen-bond donors (Lipinski definition) is 1. The smallest absolute Gasteiger partial charge is 0.0413 e. The van der Waals surface area contributed by atoms with Crippen molar-refractivity contribution >= 4 is 11.8 Å². The molecular formula is C19H25NS. The third-order valence-corrected chi connectivity index (χ3v) is 5.29. The second-order valence-corrected chi connectivity index (χ2v) is 6.83. The molecular weight excluding hydrogens is 274 g/mol. The number of aryl methyl sites for hydroxylation is 4. The van der Waals surface area contributed by atoms with E-state index in [-0.39, 0.29) is 0 Å². The van der Waals surface area contributed by atoms with E-state index in [1.54, 1.807) is 0 Å². The van der Waals surface area contributed by atoms with Gasteiger partial charge in [-0.05, 0) is 63.1 Å². The van der Waals surface area contributed by atoms with E-state index in [4.69, 9.17) is 0 Å². The summed E-state index contributed by atoms with van der Waals surface area (Å²) < 4.78 is 0. The molecule has 0 saturated heterocycles. The first-order valence-corrected chi connectivity index (χ1v) is 8.44. The zero-order chi connectivity index (χ0) is 15.4. The first-order valence-electron chi connectivity index (χ1n) is 7.45. The molecule has 2 aromatic rings. The van der Waals surface area contributed by atoms with E-state index in [1.165, 1.54) is 32.7 Å². The van der Waals surface area contributed by atoms with Crippen molar-refractivity contribution in [2.24, 2.45) is 0 Å². The lowest BCUT2D eigenvalue weighted by molar-refractivity contribution is 0.661. The number of benzene rings is 2. The van der Waals surface area contributed by atoms with Crippen molar-refractivity contribution in [3.63, 3.8) is 0 Å². The van der Waals surface area contributed by atoms with Crippen molar-refractivity contribution in [1.82, 2.24) is 5.32 Å². The zero-order valence-electron chi connectivity index (χ0n) is 13.7. The van der Waals surface area contributed by atoms with Crippen molar-refractivity contribution in [3.05, 3.63) is 64.2 Å². The van der Waals surface area contributed by atoms with Crippen molar-refractivity contribution in [3.8, 4) is 0 Å². The summed E-state index contributed by atoms with van der Waals surface area (Å²) in [5.41, 5.74) is 6.80. The molecule has 1 unspecified atom stereocenters. The molecule has 112 valence electrons. The average molecular weight is 299 g/mol. The molecule has 1 nitrogen and oxygen atoms in total. The maximum absolute atomic E-state index is 3.45. The molecule has 2 aromatic carbocycles. The molecule has 0 aromatic heterocycles. The van der Waals surface area contributed by atoms with Gasteiger partial charge < -0.3 is 5.32 Å². The molecule has 2 heteroatoms. The van der Waals surface area contributed by atoms with Crippen LogP contribution < -0.4 is 5.32 Å². The normalized spacial score (nSPS) is 12.4. The van der Waals surface area contributed by atoms with Crippen LogP contribution in [0.15, 0.2) is 41.3 Å². The molecule has 0 heterocycles. The molecule has 0 spiro atoms. The summed E-state index contributed by atoms with van der Waals surface area (Å²) in [5.74, 6) is 1.04. The second kappa shape index (κ2) is 7.15. The maximum Gasteiger partial charge on any atom is 0.0413 e. The molecule has 0 saturated carbocycles. The van der Waals surface area contributed by atoms with Crippen LogP contribution in [0.5, 0.6) is 0 Å². The van der Waals surface area contributed by atoms with E-state index >= 15 is 0 Å². The molecule has 0 aliphatic carbocycles. The fourth-order valence-electron chi connectivity index (χ4n) is 2.46. The van der Waals surface area contributed by atoms with Crippen molar-refractivity contribution in [2.75, 3.05) is 12.8 Å². The minimum atomic E-state index is 0.384. The first-order chi connectivity index (χ1) is 10.0. The Kier molecular flexibility index (Phi) is 5.49. The largest absolute Gasteiger partial charge is 0.312 e. The van der Waals surface area contributed by atoms with Gasteiger partial charge in [-0.3, -0.25) is 0 Å². The summed E-state index contributed by atoms with van der Waals surface area (Å²) in [7, 11) is 2.04. The lowest BCUT2D eigenvalue weighted by Gasteiger charge is -2.18. The highest BCUT2D eigenvalue weighted by Gasteiger charge is 2.11. The molecule has 0 aliphatic heterocycles. The average Bonchev–Trinajstić information content (AvgIpc) is 2.45. The Morgan fingerprint density at radius 2 is 1.67 bits per heavy atom. The van der Waals surface area contributed by atoms with Crippen molar-refractivity contribution in [1.29, 1.82) is 0 Å². The minimum Gasteiger partial charge on any atom is -0.312 e. The van der Waals surface area contributed by atoms with E-state index in [0.717, 1.165) is 5.75 Å². The Morgan fingerprint density at radius 3 is 2.29 bits per heavy atom. The minimum absolute atomic E-state index is 0.384. The summed E-state index contributed by atoms with van der Waals surface area (Å²) in [6.45, 7) is 8.69. The van der Waals surface area contributed by atoms with Gasteiger partial charge in [0, 0.05) is 16.7 Å². The summed E-state index contributed by atoms with van der Waals surface area (Å²) >= 11 is 1.93. The van der Waals surface area contributed by atoms with E-state index in [1.807, 2.05) is 18.8 Å². The molecule has 1 atom stereocenters. The number of rotatable bonds is 5. The van der Waals surface area contributed by atoms with Crippen LogP contribution in [-0.2, 0) is 0 Å². The number of thioether (sulfide) groups is 1. The first kappa shape index (κ1) is 16.1. The molecule has 0 fully saturated rings. The summed E-state index contributed by atoms with van der Waals surface area (Å²) in [6, 6.07) is 13.8. The lowest BCUT2D eigenvalue weighted by atomic mass is 10.0. The van der Waals surface area contributed by atoms with Crippen LogP contribution >= 0.6 is 11.8 Å². The number of hydrogen-bond acceptors (Lipinski definition) is 2. The third kappa shape index (κ3) is 4.12. The highest BCUT2D eigenvalue weighted by molar-refractivity contribution is 7.99. The van der Waals surface area contributed by atoms with Gasteiger partial charge in [0.25, 0.3) is 0 Å². The van der Waals surface area contributed by atoms with Gasteiger partial charge in [-0.15, -0.1) is 11.8 Å². The molecule has 21 heavy (non-hydrogen) atoms. The molecule has 0 radical (unpaired) electrons. The zero-order valence-corrected chi connectivity index (χ0v) is 14.5. The van der Waals surface area contributed by atoms with Gasteiger partial charge in [0.2, 0.25) is 0 Å². The van der Waals surface area contributed by atoms with Gasteiger partial charge in [0.05, 0.1) is 0 Å². The van der Waals surface area contributed by atoms with Crippen molar-refractivity contribution < 1.29 is 0 Å². The van der Waals surface area contributed by atoms with E-state index in [9.17, 15) is 0 Å². The second-order valence-electron chi connectivity index (χ2n) is 5.76. The van der Waals surface area contributed by atoms with Gasteiger partial charge in [0.15, 0.2) is 0 Å². The van der Waals surface area contributed by atoms with E-state index in [2.05, 4.69) is 69.4 Å². The quantitative estimate of drug-likeness (QED) is 0.782. The maximum atomic E-state index is 3.45. The molecule has 0 aliphatic rings. The van der Waals surface area contributed by atoms with Crippen LogP contribution in [0.1, 0.15) is 33.9 Å². The van der Waals surface area contributed by atoms with E-state index < -0.39 is 0 Å². The molecule has 2 rings (SSSR count). The van der Waals surface area contributed by atoms with E-state index in [0.29, 0.717) is 6.04 Å². The van der Waals surface area contributed by atoms with Crippen LogP contribution in [0, 0.1) is 27.7 Å². The monoisotopic (exact) mass is 299 g/mol. The molecule has 0 amide bonds. The van der Waals surface area contributed by atoms with Crippen LogP contribution in [0.2, 0.25) is 0 Å². The highest BCUT2D eigenvalue weighted by atomic mass is 32.2. The summed E-state index contributed by atoms with van der Waals surface area (Å²) in [5, 5.41) is 3.45. The Bertz CT molecular complexity index is 619. The molecule has 0 bridgehead atoms. The van der Waals surface area contributed by atoms with Gasteiger partial charge >= 0.3 is 0 Å². The van der Waals surface area contributed by atoms with Crippen LogP contribution in [0.3, 0.4) is 0 Å². The summed E-state index contributed by atoms with van der Waals surface area (Å²) in [6.07, 6.45) is 0. The third-order valence-electron chi connectivity index (χ3n) is 4.02. The predicted octanol–water partition coefficient (Wildman–Crippen LogP) is 4.97. The van der Waals surface area contributed by atoms with Crippen LogP contribution in [0.25, 0.3) is 0 Å². The Balaban J connectivity index is 2.10. The van der Waals surface area contributed by atoms with Gasteiger partial charge in [-0.25, -0.2) is 0 Å². The SMILES string of the molecule is CNC(CSc1ccc(C)cc1C)c1ccc(C)c(C)c1. The highest BCUT2D eigenvalue weighted by Crippen LogP contribution is 2.28. The van der Waals surface area contributed by atoms with Crippen molar-refractivity contribution in [2.45, 2.75) is 38.6 Å².